The van der Waals surface area contributed by atoms with Crippen LogP contribution in [0.4, 0.5) is 5.69 Å². The predicted molar refractivity (Wildman–Crippen MR) is 70.8 cm³/mol. The first-order valence-electron chi connectivity index (χ1n) is 6.26. The number of benzene rings is 1. The third kappa shape index (κ3) is 2.90. The summed E-state index contributed by atoms with van der Waals surface area (Å²) >= 11 is 0. The monoisotopic (exact) mass is 263 g/mol. The molecule has 102 valence electrons. The van der Waals surface area contributed by atoms with Gasteiger partial charge in [-0.2, -0.15) is 0 Å². The smallest absolute Gasteiger partial charge is 0.270 e. The molecule has 0 radical (unpaired) electrons. The van der Waals surface area contributed by atoms with E-state index in [1.165, 1.54) is 18.2 Å². The summed E-state index contributed by atoms with van der Waals surface area (Å²) in [5, 5.41) is 10.7. The molecule has 1 atom stereocenters. The van der Waals surface area contributed by atoms with Crippen molar-refractivity contribution in [3.05, 3.63) is 39.9 Å². The fourth-order valence-corrected chi connectivity index (χ4v) is 2.25. The van der Waals surface area contributed by atoms with Gasteiger partial charge < -0.3 is 10.6 Å². The maximum atomic E-state index is 12.3. The van der Waals surface area contributed by atoms with Crippen LogP contribution in [-0.2, 0) is 0 Å². The zero-order chi connectivity index (χ0) is 14.0. The lowest BCUT2D eigenvalue weighted by molar-refractivity contribution is -0.384. The van der Waals surface area contributed by atoms with Crippen LogP contribution < -0.4 is 5.73 Å². The van der Waals surface area contributed by atoms with Crippen LogP contribution in [0.1, 0.15) is 23.2 Å². The molecule has 6 heteroatoms. The molecular weight excluding hydrogens is 246 g/mol. The number of hydrogen-bond donors (Lipinski definition) is 1. The lowest BCUT2D eigenvalue weighted by atomic mass is 10.1. The molecule has 0 heterocycles. The van der Waals surface area contributed by atoms with Crippen LogP contribution in [0.25, 0.3) is 0 Å². The number of nitrogens with zero attached hydrogens (tertiary/aromatic N) is 2. The first-order chi connectivity index (χ1) is 9.04. The molecule has 1 aromatic carbocycles. The highest BCUT2D eigenvalue weighted by Gasteiger charge is 2.35. The molecule has 1 unspecified atom stereocenters. The Labute approximate surface area is 111 Å². The Hall–Kier alpha value is -1.95. The van der Waals surface area contributed by atoms with Gasteiger partial charge in [0.1, 0.15) is 0 Å². The molecule has 0 saturated heterocycles. The van der Waals surface area contributed by atoms with E-state index in [4.69, 9.17) is 5.73 Å². The number of hydrogen-bond acceptors (Lipinski definition) is 4. The number of nitrogens with two attached hydrogens (primary N) is 1. The van der Waals surface area contributed by atoms with Crippen LogP contribution in [0.5, 0.6) is 0 Å². The minimum Gasteiger partial charge on any atom is -0.337 e. The molecule has 1 aromatic rings. The van der Waals surface area contributed by atoms with Crippen LogP contribution in [0.3, 0.4) is 0 Å². The fraction of sp³-hybridized carbons (Fsp3) is 0.462. The molecule has 1 saturated carbocycles. The Morgan fingerprint density at radius 1 is 1.58 bits per heavy atom. The van der Waals surface area contributed by atoms with Crippen LogP contribution >= 0.6 is 0 Å². The Morgan fingerprint density at radius 2 is 2.26 bits per heavy atom. The van der Waals surface area contributed by atoms with Crippen molar-refractivity contribution < 1.29 is 9.72 Å². The van der Waals surface area contributed by atoms with Crippen LogP contribution in [0.2, 0.25) is 0 Å². The van der Waals surface area contributed by atoms with Crippen LogP contribution in [0, 0.1) is 16.0 Å². The number of likely N-dealkylation sites (N-methyl/N-ethyl adjacent to an activating group) is 1. The van der Waals surface area contributed by atoms with E-state index in [2.05, 4.69) is 0 Å². The maximum absolute atomic E-state index is 12.3. The van der Waals surface area contributed by atoms with Gasteiger partial charge in [0.2, 0.25) is 0 Å². The normalized spacial score (nSPS) is 15.9. The van der Waals surface area contributed by atoms with Gasteiger partial charge in [-0.1, -0.05) is 6.07 Å². The Kier molecular flexibility index (Phi) is 3.80. The average molecular weight is 263 g/mol. The van der Waals surface area contributed by atoms with Gasteiger partial charge in [0.15, 0.2) is 0 Å². The highest BCUT2D eigenvalue weighted by molar-refractivity contribution is 5.94. The molecule has 1 aliphatic rings. The minimum absolute atomic E-state index is 0.0202. The van der Waals surface area contributed by atoms with Gasteiger partial charge in [-0.25, -0.2) is 0 Å². The van der Waals surface area contributed by atoms with Gasteiger partial charge in [0.05, 0.1) is 4.92 Å². The van der Waals surface area contributed by atoms with Crippen molar-refractivity contribution in [2.45, 2.75) is 18.9 Å². The minimum atomic E-state index is -0.502. The Morgan fingerprint density at radius 3 is 2.79 bits per heavy atom. The third-order valence-corrected chi connectivity index (χ3v) is 3.53. The molecule has 2 rings (SSSR count). The molecule has 1 fully saturated rings. The second-order valence-corrected chi connectivity index (χ2v) is 4.86. The summed E-state index contributed by atoms with van der Waals surface area (Å²) in [6.07, 6.45) is 2.18. The summed E-state index contributed by atoms with van der Waals surface area (Å²) in [4.78, 5) is 24.1. The van der Waals surface area contributed by atoms with Gasteiger partial charge >= 0.3 is 0 Å². The Balaban J connectivity index is 2.18. The predicted octanol–water partition coefficient (Wildman–Crippen LogP) is 1.40. The molecule has 1 amide bonds. The maximum Gasteiger partial charge on any atom is 0.270 e. The van der Waals surface area contributed by atoms with Crippen molar-refractivity contribution in [1.29, 1.82) is 0 Å². The van der Waals surface area contributed by atoms with Crippen LogP contribution in [-0.4, -0.2) is 35.4 Å². The van der Waals surface area contributed by atoms with Crippen LogP contribution in [0.15, 0.2) is 24.3 Å². The molecule has 2 N–H and O–H groups in total. The molecule has 0 aromatic heterocycles. The van der Waals surface area contributed by atoms with Gasteiger partial charge in [-0.3, -0.25) is 14.9 Å². The van der Waals surface area contributed by atoms with Gasteiger partial charge in [0, 0.05) is 37.3 Å². The Bertz CT molecular complexity index is 500. The first-order valence-corrected chi connectivity index (χ1v) is 6.26. The van der Waals surface area contributed by atoms with E-state index in [1.807, 2.05) is 0 Å². The summed E-state index contributed by atoms with van der Waals surface area (Å²) in [6, 6.07) is 5.81. The largest absolute Gasteiger partial charge is 0.337 e. The molecule has 0 spiro atoms. The quantitative estimate of drug-likeness (QED) is 0.642. The molecule has 6 nitrogen and oxygen atoms in total. The second kappa shape index (κ2) is 5.36. The standard InChI is InChI=1S/C13H17N3O3/c1-15(12(8-14)9-5-6-9)13(17)10-3-2-4-11(7-10)16(18)19/h2-4,7,9,12H,5-6,8,14H2,1H3. The number of amides is 1. The average Bonchev–Trinajstić information content (AvgIpc) is 3.23. The van der Waals surface area contributed by atoms with E-state index < -0.39 is 4.92 Å². The summed E-state index contributed by atoms with van der Waals surface area (Å²) < 4.78 is 0. The lowest BCUT2D eigenvalue weighted by Gasteiger charge is -2.27. The van der Waals surface area contributed by atoms with E-state index >= 15 is 0 Å². The van der Waals surface area contributed by atoms with E-state index in [1.54, 1.807) is 18.0 Å². The molecule has 1 aliphatic carbocycles. The lowest BCUT2D eigenvalue weighted by Crippen LogP contribution is -2.43. The number of rotatable bonds is 5. The third-order valence-electron chi connectivity index (χ3n) is 3.53. The zero-order valence-electron chi connectivity index (χ0n) is 10.8. The van der Waals surface area contributed by atoms with E-state index in [9.17, 15) is 14.9 Å². The molecule has 0 aliphatic heterocycles. The SMILES string of the molecule is CN(C(=O)c1cccc([N+](=O)[O-])c1)C(CN)C1CC1. The fourth-order valence-electron chi connectivity index (χ4n) is 2.25. The summed E-state index contributed by atoms with van der Waals surface area (Å²) in [6.45, 7) is 0.418. The van der Waals surface area contributed by atoms with Crippen molar-refractivity contribution in [3.63, 3.8) is 0 Å². The topological polar surface area (TPSA) is 89.5 Å². The van der Waals surface area contributed by atoms with Crippen molar-refractivity contribution >= 4 is 11.6 Å². The number of nitro groups is 1. The summed E-state index contributed by atoms with van der Waals surface area (Å²) in [5.41, 5.74) is 5.96. The highest BCUT2D eigenvalue weighted by Crippen LogP contribution is 2.35. The molecule has 0 bridgehead atoms. The zero-order valence-corrected chi connectivity index (χ0v) is 10.8. The number of nitro benzene ring substituents is 1. The van der Waals surface area contributed by atoms with Gasteiger partial charge in [-0.15, -0.1) is 0 Å². The van der Waals surface area contributed by atoms with Crippen molar-refractivity contribution in [3.8, 4) is 0 Å². The van der Waals surface area contributed by atoms with Crippen molar-refractivity contribution in [1.82, 2.24) is 4.90 Å². The van der Waals surface area contributed by atoms with Gasteiger partial charge in [0.25, 0.3) is 11.6 Å². The number of non-ortho nitro benzene ring substituents is 1. The molecular formula is C13H17N3O3. The number of carbonyl (C=O) groups excluding carboxylic acids is 1. The van der Waals surface area contributed by atoms with Crippen molar-refractivity contribution in [2.75, 3.05) is 13.6 Å². The molecule has 19 heavy (non-hydrogen) atoms. The van der Waals surface area contributed by atoms with Crippen molar-refractivity contribution in [2.24, 2.45) is 11.7 Å². The second-order valence-electron chi connectivity index (χ2n) is 4.86. The van der Waals surface area contributed by atoms with E-state index in [0.29, 0.717) is 18.0 Å². The highest BCUT2D eigenvalue weighted by atomic mass is 16.6. The van der Waals surface area contributed by atoms with Gasteiger partial charge in [-0.05, 0) is 24.8 Å². The first kappa shape index (κ1) is 13.5. The summed E-state index contributed by atoms with van der Waals surface area (Å²) in [7, 11) is 1.71. The van der Waals surface area contributed by atoms with E-state index in [0.717, 1.165) is 12.8 Å². The summed E-state index contributed by atoms with van der Waals surface area (Å²) in [5.74, 6) is 0.253. The number of carbonyl (C=O) groups is 1. The van der Waals surface area contributed by atoms with E-state index in [-0.39, 0.29) is 17.6 Å².